The van der Waals surface area contributed by atoms with Gasteiger partial charge in [-0.2, -0.15) is 0 Å². The van der Waals surface area contributed by atoms with Gasteiger partial charge in [-0.05, 0) is 75.3 Å². The molecule has 3 aliphatic rings. The number of fused-ring (bicyclic) bond motifs is 2. The largest absolute Gasteiger partial charge is 0.352 e. The Balaban J connectivity index is 1.10. The maximum absolute atomic E-state index is 14.2. The lowest BCUT2D eigenvalue weighted by Crippen LogP contribution is -2.52. The molecule has 196 valence electrons. The molecular formula is C28H33F2N5OS. The van der Waals surface area contributed by atoms with Gasteiger partial charge < -0.3 is 10.2 Å². The van der Waals surface area contributed by atoms with Crippen LogP contribution in [0.4, 0.5) is 8.78 Å². The first kappa shape index (κ1) is 24.9. The van der Waals surface area contributed by atoms with Gasteiger partial charge in [0.05, 0.1) is 16.3 Å². The second-order valence-corrected chi connectivity index (χ2v) is 12.1. The maximum Gasteiger partial charge on any atom is 0.223 e. The van der Waals surface area contributed by atoms with Crippen LogP contribution >= 0.6 is 11.3 Å². The molecule has 3 N–H and O–H groups in total. The molecule has 0 bridgehead atoms. The van der Waals surface area contributed by atoms with Crippen LogP contribution in [0.5, 0.6) is 0 Å². The number of likely N-dealkylation sites (tertiary alicyclic amines) is 1. The zero-order valence-electron chi connectivity index (χ0n) is 20.9. The Bertz CT molecular complexity index is 1230. The molecule has 3 aromatic rings. The van der Waals surface area contributed by atoms with Gasteiger partial charge in [0.2, 0.25) is 5.91 Å². The lowest BCUT2D eigenvalue weighted by atomic mass is 9.75. The van der Waals surface area contributed by atoms with E-state index in [4.69, 9.17) is 4.98 Å². The van der Waals surface area contributed by atoms with Crippen molar-refractivity contribution >= 4 is 27.5 Å². The monoisotopic (exact) mass is 525 g/mol. The van der Waals surface area contributed by atoms with Crippen molar-refractivity contribution in [3.05, 3.63) is 64.7 Å². The van der Waals surface area contributed by atoms with Crippen LogP contribution in [-0.2, 0) is 11.2 Å². The van der Waals surface area contributed by atoms with Crippen LogP contribution in [0.1, 0.15) is 42.3 Å². The van der Waals surface area contributed by atoms with E-state index < -0.39 is 11.6 Å². The molecular weight excluding hydrogens is 492 g/mol. The number of benzene rings is 2. The number of carbonyl (C=O) groups is 1. The number of hydrogen-bond donors (Lipinski definition) is 3. The summed E-state index contributed by atoms with van der Waals surface area (Å²) < 4.78 is 29.7. The van der Waals surface area contributed by atoms with Gasteiger partial charge >= 0.3 is 0 Å². The third-order valence-corrected chi connectivity index (χ3v) is 9.44. The second kappa shape index (κ2) is 10.4. The first-order valence-electron chi connectivity index (χ1n) is 13.2. The third-order valence-electron chi connectivity index (χ3n) is 8.32. The summed E-state index contributed by atoms with van der Waals surface area (Å²) in [5, 5.41) is 4.37. The van der Waals surface area contributed by atoms with Crippen molar-refractivity contribution in [1.29, 1.82) is 0 Å². The fourth-order valence-corrected chi connectivity index (χ4v) is 7.69. The number of likely N-dealkylation sites (N-methyl/N-ethyl adjacent to an activating group) is 1. The number of hydrogen-bond acceptors (Lipinski definition) is 6. The van der Waals surface area contributed by atoms with Crippen LogP contribution in [0.3, 0.4) is 0 Å². The molecule has 1 amide bonds. The van der Waals surface area contributed by atoms with Crippen LogP contribution in [0.25, 0.3) is 10.2 Å². The van der Waals surface area contributed by atoms with Gasteiger partial charge in [0.15, 0.2) is 0 Å². The molecule has 2 saturated heterocycles. The van der Waals surface area contributed by atoms with E-state index >= 15 is 0 Å². The summed E-state index contributed by atoms with van der Waals surface area (Å²) in [6, 6.07) is 12.6. The Kier molecular flexibility index (Phi) is 6.96. The summed E-state index contributed by atoms with van der Waals surface area (Å²) >= 11 is 1.72. The topological polar surface area (TPSA) is 69.3 Å². The van der Waals surface area contributed by atoms with Crippen LogP contribution in [0, 0.1) is 29.4 Å². The lowest BCUT2D eigenvalue weighted by Gasteiger charge is -2.38. The van der Waals surface area contributed by atoms with Crippen molar-refractivity contribution in [2.75, 3.05) is 20.1 Å². The van der Waals surface area contributed by atoms with Crippen LogP contribution in [-0.4, -0.2) is 48.0 Å². The van der Waals surface area contributed by atoms with E-state index in [9.17, 15) is 13.6 Å². The Morgan fingerprint density at radius 2 is 1.89 bits per heavy atom. The minimum Gasteiger partial charge on any atom is -0.352 e. The minimum atomic E-state index is -0.493. The summed E-state index contributed by atoms with van der Waals surface area (Å²) in [6.07, 6.45) is 3.66. The van der Waals surface area contributed by atoms with E-state index in [-0.39, 0.29) is 35.4 Å². The number of piperidine rings is 1. The van der Waals surface area contributed by atoms with Crippen molar-refractivity contribution in [1.82, 2.24) is 26.1 Å². The van der Waals surface area contributed by atoms with E-state index in [1.54, 1.807) is 11.3 Å². The summed E-state index contributed by atoms with van der Waals surface area (Å²) in [5.74, 6) is -0.549. The first-order chi connectivity index (χ1) is 17.9. The molecule has 1 aromatic heterocycles. The highest BCUT2D eigenvalue weighted by Gasteiger charge is 2.44. The van der Waals surface area contributed by atoms with E-state index in [0.29, 0.717) is 18.4 Å². The quantitative estimate of drug-likeness (QED) is 0.466. The van der Waals surface area contributed by atoms with Gasteiger partial charge in [-0.3, -0.25) is 10.2 Å². The molecule has 0 spiro atoms. The second-order valence-electron chi connectivity index (χ2n) is 11.0. The minimum absolute atomic E-state index is 0.0244. The van der Waals surface area contributed by atoms with E-state index in [2.05, 4.69) is 27.1 Å². The molecule has 1 aliphatic carbocycles. The van der Waals surface area contributed by atoms with Gasteiger partial charge in [-0.1, -0.05) is 18.2 Å². The fraction of sp³-hybridized carbons (Fsp3) is 0.500. The Hall–Kier alpha value is -2.46. The van der Waals surface area contributed by atoms with Crippen molar-refractivity contribution < 1.29 is 13.6 Å². The number of amides is 1. The molecule has 9 heteroatoms. The highest BCUT2D eigenvalue weighted by atomic mass is 32.1. The van der Waals surface area contributed by atoms with Crippen molar-refractivity contribution in [3.63, 3.8) is 0 Å². The Labute approximate surface area is 219 Å². The number of thiazole rings is 1. The number of hydrazine groups is 1. The molecule has 6 rings (SSSR count). The van der Waals surface area contributed by atoms with Crippen LogP contribution in [0.2, 0.25) is 0 Å². The molecule has 2 aromatic carbocycles. The van der Waals surface area contributed by atoms with Crippen LogP contribution < -0.4 is 16.2 Å². The number of nitrogens with one attached hydrogen (secondary N) is 3. The highest BCUT2D eigenvalue weighted by molar-refractivity contribution is 7.18. The molecule has 3 fully saturated rings. The summed E-state index contributed by atoms with van der Waals surface area (Å²) in [7, 11) is 2.01. The number of para-hydroxylation sites is 1. The standard InChI is InChI=1S/C28H33F2N5OS/c1-35-14-16(12-19-21(29)5-4-6-22(19)30)11-18(15-35)31-27(36)17-9-10-23-20(13-17)26(34-33-23)28-32-24-7-2-3-8-25(24)37-28/h2-8,16-18,20,23,26,33-34H,9-15H2,1H3,(H,31,36). The molecule has 3 heterocycles. The number of carbonyl (C=O) groups excluding carboxylic acids is 1. The van der Waals surface area contributed by atoms with Gasteiger partial charge in [-0.15, -0.1) is 11.3 Å². The predicted molar refractivity (Wildman–Crippen MR) is 141 cm³/mol. The fourth-order valence-electron chi connectivity index (χ4n) is 6.59. The predicted octanol–water partition coefficient (Wildman–Crippen LogP) is 4.19. The van der Waals surface area contributed by atoms with E-state index in [0.717, 1.165) is 49.3 Å². The molecule has 1 saturated carbocycles. The normalized spacial score (nSPS) is 30.4. The van der Waals surface area contributed by atoms with Crippen molar-refractivity contribution in [2.24, 2.45) is 17.8 Å². The van der Waals surface area contributed by atoms with E-state index in [1.807, 2.05) is 25.2 Å². The lowest BCUT2D eigenvalue weighted by molar-refractivity contribution is -0.127. The molecule has 6 atom stereocenters. The number of nitrogens with zero attached hydrogens (tertiary/aromatic N) is 2. The average molecular weight is 526 g/mol. The number of halogens is 2. The molecule has 2 aliphatic heterocycles. The average Bonchev–Trinajstić information content (AvgIpc) is 3.49. The zero-order valence-corrected chi connectivity index (χ0v) is 21.7. The molecule has 37 heavy (non-hydrogen) atoms. The molecule has 6 nitrogen and oxygen atoms in total. The van der Waals surface area contributed by atoms with Gasteiger partial charge in [0.25, 0.3) is 0 Å². The number of rotatable bonds is 5. The van der Waals surface area contributed by atoms with Gasteiger partial charge in [0, 0.05) is 36.7 Å². The summed E-state index contributed by atoms with van der Waals surface area (Å²) in [4.78, 5) is 20.4. The Morgan fingerprint density at radius 3 is 2.70 bits per heavy atom. The third kappa shape index (κ3) is 5.14. The zero-order chi connectivity index (χ0) is 25.5. The first-order valence-corrected chi connectivity index (χ1v) is 14.0. The highest BCUT2D eigenvalue weighted by Crippen LogP contribution is 2.42. The summed E-state index contributed by atoms with van der Waals surface area (Å²) in [5.41, 5.74) is 8.08. The summed E-state index contributed by atoms with van der Waals surface area (Å²) in [6.45, 7) is 1.51. The maximum atomic E-state index is 14.2. The Morgan fingerprint density at radius 1 is 1.08 bits per heavy atom. The van der Waals surface area contributed by atoms with Gasteiger partial charge in [0.1, 0.15) is 16.6 Å². The van der Waals surface area contributed by atoms with Crippen LogP contribution in [0.15, 0.2) is 42.5 Å². The molecule has 0 radical (unpaired) electrons. The van der Waals surface area contributed by atoms with Crippen molar-refractivity contribution in [2.45, 2.75) is 50.2 Å². The van der Waals surface area contributed by atoms with Gasteiger partial charge in [-0.25, -0.2) is 19.2 Å². The van der Waals surface area contributed by atoms with Crippen molar-refractivity contribution in [3.8, 4) is 0 Å². The number of aromatic nitrogens is 1. The SMILES string of the molecule is CN1CC(Cc2c(F)cccc2F)CC(NC(=O)C2CCC3NNC(c4nc5ccccc5s4)C3C2)C1. The molecule has 6 unspecified atom stereocenters. The smallest absolute Gasteiger partial charge is 0.223 e. The van der Waals surface area contributed by atoms with E-state index in [1.165, 1.54) is 22.9 Å².